The Hall–Kier alpha value is -2.46. The van der Waals surface area contributed by atoms with Gasteiger partial charge in [-0.3, -0.25) is 0 Å². The zero-order valence-corrected chi connectivity index (χ0v) is 21.0. The fourth-order valence-corrected chi connectivity index (χ4v) is 10.8. The van der Waals surface area contributed by atoms with Crippen molar-refractivity contribution in [1.29, 1.82) is 0 Å². The largest absolute Gasteiger partial charge is 0.455 e. The molecule has 3 unspecified atom stereocenters. The average Bonchev–Trinajstić information content (AvgIpc) is 3.29. The van der Waals surface area contributed by atoms with Crippen LogP contribution in [-0.4, -0.2) is 8.07 Å². The van der Waals surface area contributed by atoms with Gasteiger partial charge < -0.3 is 4.42 Å². The number of halogens is 1. The van der Waals surface area contributed by atoms with Crippen LogP contribution in [0.5, 0.6) is 0 Å². The van der Waals surface area contributed by atoms with Gasteiger partial charge in [-0.25, -0.2) is 8.96 Å². The second kappa shape index (κ2) is 7.53. The summed E-state index contributed by atoms with van der Waals surface area (Å²) >= 11 is 0. The molecule has 2 aromatic carbocycles. The monoisotopic (exact) mass is 459 g/mol. The van der Waals surface area contributed by atoms with E-state index in [9.17, 15) is 1.37 Å². The fraction of sp³-hybridized carbons (Fsp3) is 0.414. The molecule has 0 spiro atoms. The Bertz CT molecular complexity index is 1440. The first kappa shape index (κ1) is 20.0. The summed E-state index contributed by atoms with van der Waals surface area (Å²) < 4.78 is 33.8. The van der Waals surface area contributed by atoms with Crippen molar-refractivity contribution in [3.63, 3.8) is 0 Å². The predicted molar refractivity (Wildman–Crippen MR) is 136 cm³/mol. The highest BCUT2D eigenvalue weighted by molar-refractivity contribution is 6.78. The average molecular weight is 460 g/mol. The standard InChI is InChI=1S/C29H33FNOSi/c1-18-8-11-22-23-12-13-24(30)27(19-9-10-20-16-33(3,4)17-21(20)15-19)29(23)32-28(22)26(18)25-7-5-6-14-31(25)2/h5-8,11-14,19-21H,9-10,15-17H2,1-4H3/q+1/i19D. The summed E-state index contributed by atoms with van der Waals surface area (Å²) in [5, 5.41) is 1.91. The van der Waals surface area contributed by atoms with Gasteiger partial charge in [0.25, 0.3) is 0 Å². The summed E-state index contributed by atoms with van der Waals surface area (Å²) in [4.78, 5) is 0. The van der Waals surface area contributed by atoms with Gasteiger partial charge in [-0.1, -0.05) is 37.3 Å². The van der Waals surface area contributed by atoms with E-state index in [1.807, 2.05) is 31.4 Å². The zero-order chi connectivity index (χ0) is 23.8. The van der Waals surface area contributed by atoms with E-state index >= 15 is 4.39 Å². The molecule has 170 valence electrons. The lowest BCUT2D eigenvalue weighted by atomic mass is 9.73. The molecule has 2 fully saturated rings. The number of aryl methyl sites for hydroxylation is 2. The van der Waals surface area contributed by atoms with Crippen molar-refractivity contribution in [3.8, 4) is 11.3 Å². The highest BCUT2D eigenvalue weighted by atomic mass is 28.3. The van der Waals surface area contributed by atoms with E-state index in [4.69, 9.17) is 4.42 Å². The molecule has 3 atom stereocenters. The Balaban J connectivity index is 1.56. The van der Waals surface area contributed by atoms with E-state index < -0.39 is 14.0 Å². The lowest BCUT2D eigenvalue weighted by molar-refractivity contribution is -0.660. The number of aromatic nitrogens is 1. The van der Waals surface area contributed by atoms with Crippen LogP contribution in [0.25, 0.3) is 33.2 Å². The van der Waals surface area contributed by atoms with E-state index in [1.54, 1.807) is 6.07 Å². The summed E-state index contributed by atoms with van der Waals surface area (Å²) in [5.41, 5.74) is 5.06. The van der Waals surface area contributed by atoms with Gasteiger partial charge in [-0.05, 0) is 67.7 Å². The van der Waals surface area contributed by atoms with Crippen molar-refractivity contribution in [2.45, 2.75) is 57.3 Å². The van der Waals surface area contributed by atoms with Crippen LogP contribution in [0.1, 0.15) is 37.7 Å². The lowest BCUT2D eigenvalue weighted by Crippen LogP contribution is -2.30. The van der Waals surface area contributed by atoms with Gasteiger partial charge in [-0.15, -0.1) is 0 Å². The van der Waals surface area contributed by atoms with E-state index in [0.29, 0.717) is 23.5 Å². The van der Waals surface area contributed by atoms with Gasteiger partial charge in [-0.2, -0.15) is 0 Å². The quantitative estimate of drug-likeness (QED) is 0.221. The van der Waals surface area contributed by atoms with Crippen LogP contribution >= 0.6 is 0 Å². The van der Waals surface area contributed by atoms with E-state index in [1.165, 1.54) is 12.1 Å². The van der Waals surface area contributed by atoms with Crippen molar-refractivity contribution < 1.29 is 14.7 Å². The molecule has 0 amide bonds. The SMILES string of the molecule is [2H]C1(c2c(F)ccc3c2oc2c(-c4cccc[n+]4C)c(C)ccc23)CCC2C[Si](C)(C)CC2C1. The Morgan fingerprint density at radius 1 is 1.00 bits per heavy atom. The highest BCUT2D eigenvalue weighted by Gasteiger charge is 2.44. The first-order chi connectivity index (χ1) is 16.2. The number of fused-ring (bicyclic) bond motifs is 4. The van der Waals surface area contributed by atoms with Gasteiger partial charge >= 0.3 is 0 Å². The Labute approximate surface area is 197 Å². The van der Waals surface area contributed by atoms with Crippen molar-refractivity contribution in [2.75, 3.05) is 0 Å². The topological polar surface area (TPSA) is 17.0 Å². The van der Waals surface area contributed by atoms with Gasteiger partial charge in [0.2, 0.25) is 5.69 Å². The molecule has 0 bridgehead atoms. The van der Waals surface area contributed by atoms with Crippen LogP contribution < -0.4 is 4.57 Å². The van der Waals surface area contributed by atoms with Gasteiger partial charge in [0, 0.05) is 37.9 Å². The molecule has 3 heterocycles. The number of nitrogens with zero attached hydrogens (tertiary/aromatic N) is 1. The van der Waals surface area contributed by atoms with Gasteiger partial charge in [0.15, 0.2) is 6.20 Å². The summed E-state index contributed by atoms with van der Waals surface area (Å²) in [6.45, 7) is 7.05. The molecule has 2 nitrogen and oxygen atoms in total. The van der Waals surface area contributed by atoms with Crippen molar-refractivity contribution in [2.24, 2.45) is 18.9 Å². The summed E-state index contributed by atoms with van der Waals surface area (Å²) in [5.74, 6) is 0.0525. The molecule has 0 N–H and O–H groups in total. The molecule has 1 aliphatic carbocycles. The third kappa shape index (κ3) is 3.37. The number of furan rings is 1. The zero-order valence-electron chi connectivity index (χ0n) is 21.0. The molecule has 2 aromatic heterocycles. The number of benzene rings is 2. The second-order valence-corrected chi connectivity index (χ2v) is 16.3. The van der Waals surface area contributed by atoms with Crippen molar-refractivity contribution in [1.82, 2.24) is 0 Å². The molecule has 0 radical (unpaired) electrons. The van der Waals surface area contributed by atoms with Crippen LogP contribution in [0.4, 0.5) is 4.39 Å². The van der Waals surface area contributed by atoms with Crippen LogP contribution in [0.2, 0.25) is 25.2 Å². The van der Waals surface area contributed by atoms with Crippen molar-refractivity contribution >= 4 is 30.0 Å². The molecule has 1 saturated carbocycles. The summed E-state index contributed by atoms with van der Waals surface area (Å²) in [6.07, 6.45) is 4.53. The molecule has 1 saturated heterocycles. The first-order valence-corrected chi connectivity index (χ1v) is 15.7. The van der Waals surface area contributed by atoms with Gasteiger partial charge in [0.05, 0.1) is 5.56 Å². The Morgan fingerprint density at radius 2 is 1.76 bits per heavy atom. The summed E-state index contributed by atoms with van der Waals surface area (Å²) in [6, 6.07) is 16.4. The molecule has 4 heteroatoms. The minimum atomic E-state index is -1.18. The smallest absolute Gasteiger partial charge is 0.216 e. The Morgan fingerprint density at radius 3 is 2.58 bits per heavy atom. The number of rotatable bonds is 2. The number of hydrogen-bond acceptors (Lipinski definition) is 1. The first-order valence-electron chi connectivity index (χ1n) is 12.8. The van der Waals surface area contributed by atoms with E-state index in [0.717, 1.165) is 51.9 Å². The molecular formula is C29H33FNOSi+. The van der Waals surface area contributed by atoms with Crippen LogP contribution in [0, 0.1) is 24.6 Å². The predicted octanol–water partition coefficient (Wildman–Crippen LogP) is 7.75. The highest BCUT2D eigenvalue weighted by Crippen LogP contribution is 2.53. The van der Waals surface area contributed by atoms with Crippen LogP contribution in [0.15, 0.2) is 53.1 Å². The maximum absolute atomic E-state index is 15.6. The number of hydrogen-bond donors (Lipinski definition) is 0. The molecule has 1 aliphatic heterocycles. The van der Waals surface area contributed by atoms with E-state index in [2.05, 4.69) is 42.8 Å². The summed E-state index contributed by atoms with van der Waals surface area (Å²) in [7, 11) is 0.848. The van der Waals surface area contributed by atoms with Crippen LogP contribution in [-0.2, 0) is 7.05 Å². The normalized spacial score (nSPS) is 27.1. The minimum Gasteiger partial charge on any atom is -0.455 e. The molecular weight excluding hydrogens is 425 g/mol. The van der Waals surface area contributed by atoms with Crippen molar-refractivity contribution in [3.05, 3.63) is 65.6 Å². The third-order valence-corrected chi connectivity index (χ3v) is 11.5. The van der Waals surface area contributed by atoms with E-state index in [-0.39, 0.29) is 5.82 Å². The Kier molecular flexibility index (Phi) is 4.55. The molecule has 2 aliphatic rings. The minimum absolute atomic E-state index is 0.293. The maximum atomic E-state index is 15.6. The molecule has 4 aromatic rings. The van der Waals surface area contributed by atoms with Crippen LogP contribution in [0.3, 0.4) is 0 Å². The number of pyridine rings is 1. The molecule has 33 heavy (non-hydrogen) atoms. The lowest BCUT2D eigenvalue weighted by Gasteiger charge is -2.32. The second-order valence-electron chi connectivity index (χ2n) is 11.2. The maximum Gasteiger partial charge on any atom is 0.216 e. The third-order valence-electron chi connectivity index (χ3n) is 8.25. The fourth-order valence-electron chi connectivity index (χ4n) is 6.83. The molecule has 6 rings (SSSR count). The van der Waals surface area contributed by atoms with Gasteiger partial charge in [0.1, 0.15) is 24.0 Å².